The Morgan fingerprint density at radius 1 is 1.05 bits per heavy atom. The van der Waals surface area contributed by atoms with Crippen LogP contribution in [0.1, 0.15) is 33.7 Å². The van der Waals surface area contributed by atoms with E-state index < -0.39 is 5.91 Å². The van der Waals surface area contributed by atoms with Crippen molar-refractivity contribution in [1.29, 1.82) is 0 Å². The highest BCUT2D eigenvalue weighted by atomic mass is 16.2. The first-order chi connectivity index (χ1) is 17.8. The number of carbonyl (C=O) groups excluding carboxylic acids is 2. The number of primary amides is 1. The Morgan fingerprint density at radius 2 is 1.84 bits per heavy atom. The van der Waals surface area contributed by atoms with Gasteiger partial charge < -0.3 is 20.1 Å². The number of likely N-dealkylation sites (N-methyl/N-ethyl adjacent to an activating group) is 1. The summed E-state index contributed by atoms with van der Waals surface area (Å²) in [5.74, 6) is -0.353. The van der Waals surface area contributed by atoms with Gasteiger partial charge in [-0.05, 0) is 74.5 Å². The molecule has 8 nitrogen and oxygen atoms in total. The standard InChI is InChI=1S/C29H32N6O2/c1-20-16-26(29(30)37)31-35(20)25-8-9-27-24(17-25)12-15-34(27)18-21-4-6-22(7-5-21)23-10-13-33(14-11-23)28(36)19-32(2)3/h4-10,12,15-17H,11,13-14,18-19H2,1-3H3,(H2,30,37). The van der Waals surface area contributed by atoms with Gasteiger partial charge in [-0.2, -0.15) is 5.10 Å². The van der Waals surface area contributed by atoms with Crippen LogP contribution in [0, 0.1) is 6.92 Å². The van der Waals surface area contributed by atoms with Crippen LogP contribution < -0.4 is 5.73 Å². The number of aromatic nitrogens is 3. The molecule has 1 aliphatic rings. The van der Waals surface area contributed by atoms with Crippen molar-refractivity contribution in [2.24, 2.45) is 5.73 Å². The second kappa shape index (κ2) is 10.1. The second-order valence-corrected chi connectivity index (χ2v) is 9.89. The maximum Gasteiger partial charge on any atom is 0.269 e. The van der Waals surface area contributed by atoms with Crippen molar-refractivity contribution in [2.75, 3.05) is 33.7 Å². The van der Waals surface area contributed by atoms with Crippen molar-refractivity contribution in [2.45, 2.75) is 19.9 Å². The molecule has 3 heterocycles. The van der Waals surface area contributed by atoms with E-state index in [0.717, 1.165) is 41.8 Å². The molecule has 0 aliphatic carbocycles. The van der Waals surface area contributed by atoms with E-state index in [1.165, 1.54) is 16.7 Å². The number of aryl methyl sites for hydroxylation is 1. The van der Waals surface area contributed by atoms with Crippen molar-refractivity contribution < 1.29 is 9.59 Å². The fourth-order valence-corrected chi connectivity index (χ4v) is 4.86. The van der Waals surface area contributed by atoms with Gasteiger partial charge in [-0.1, -0.05) is 30.3 Å². The molecule has 5 rings (SSSR count). The molecule has 2 aromatic carbocycles. The highest BCUT2D eigenvalue weighted by Gasteiger charge is 2.18. The van der Waals surface area contributed by atoms with Gasteiger partial charge in [0, 0.05) is 42.4 Å². The molecule has 0 saturated heterocycles. The largest absolute Gasteiger partial charge is 0.364 e. The second-order valence-electron chi connectivity index (χ2n) is 9.89. The van der Waals surface area contributed by atoms with Crippen molar-refractivity contribution in [3.8, 4) is 5.69 Å². The Labute approximate surface area is 216 Å². The summed E-state index contributed by atoms with van der Waals surface area (Å²) in [6.07, 6.45) is 5.15. The third-order valence-electron chi connectivity index (χ3n) is 6.83. The Morgan fingerprint density at radius 3 is 2.49 bits per heavy atom. The Kier molecular flexibility index (Phi) is 6.67. The number of fused-ring (bicyclic) bond motifs is 1. The number of hydrogen-bond donors (Lipinski definition) is 1. The number of benzene rings is 2. The minimum atomic E-state index is -0.531. The van der Waals surface area contributed by atoms with Crippen molar-refractivity contribution in [3.05, 3.63) is 89.4 Å². The molecule has 190 valence electrons. The SMILES string of the molecule is Cc1cc(C(N)=O)nn1-c1ccc2c(ccn2Cc2ccc(C3=CCN(C(=O)CN(C)C)CC3)cc2)c1. The Balaban J connectivity index is 1.28. The van der Waals surface area contributed by atoms with E-state index >= 15 is 0 Å². The molecular formula is C29H32N6O2. The molecule has 2 aromatic heterocycles. The smallest absolute Gasteiger partial charge is 0.269 e. The van der Waals surface area contributed by atoms with E-state index in [1.54, 1.807) is 10.7 Å². The lowest BCUT2D eigenvalue weighted by atomic mass is 9.98. The monoisotopic (exact) mass is 496 g/mol. The third-order valence-corrected chi connectivity index (χ3v) is 6.83. The van der Waals surface area contributed by atoms with Crippen molar-refractivity contribution in [3.63, 3.8) is 0 Å². The molecule has 2 amide bonds. The summed E-state index contributed by atoms with van der Waals surface area (Å²) in [5.41, 5.74) is 12.3. The zero-order chi connectivity index (χ0) is 26.1. The predicted molar refractivity (Wildman–Crippen MR) is 146 cm³/mol. The quantitative estimate of drug-likeness (QED) is 0.424. The lowest BCUT2D eigenvalue weighted by Crippen LogP contribution is -2.40. The maximum absolute atomic E-state index is 12.3. The minimum absolute atomic E-state index is 0.178. The van der Waals surface area contributed by atoms with Crippen LogP contribution in [0.25, 0.3) is 22.2 Å². The predicted octanol–water partition coefficient (Wildman–Crippen LogP) is 3.46. The van der Waals surface area contributed by atoms with Crippen LogP contribution in [0.15, 0.2) is 66.9 Å². The summed E-state index contributed by atoms with van der Waals surface area (Å²) in [4.78, 5) is 27.6. The number of amides is 2. The van der Waals surface area contributed by atoms with Gasteiger partial charge in [-0.15, -0.1) is 0 Å². The number of rotatable bonds is 7. The van der Waals surface area contributed by atoms with Crippen LogP contribution in [-0.2, 0) is 11.3 Å². The summed E-state index contributed by atoms with van der Waals surface area (Å²) in [5, 5.41) is 5.44. The summed E-state index contributed by atoms with van der Waals surface area (Å²) >= 11 is 0. The van der Waals surface area contributed by atoms with Gasteiger partial charge in [-0.3, -0.25) is 9.59 Å². The molecule has 0 fully saturated rings. The molecule has 0 bridgehead atoms. The van der Waals surface area contributed by atoms with Crippen LogP contribution in [0.4, 0.5) is 0 Å². The normalized spacial score (nSPS) is 13.8. The lowest BCUT2D eigenvalue weighted by molar-refractivity contribution is -0.131. The molecule has 4 aromatic rings. The van der Waals surface area contributed by atoms with Crippen molar-refractivity contribution >= 4 is 28.3 Å². The molecule has 37 heavy (non-hydrogen) atoms. The van der Waals surface area contributed by atoms with Crippen LogP contribution >= 0.6 is 0 Å². The lowest BCUT2D eigenvalue weighted by Gasteiger charge is -2.27. The fourth-order valence-electron chi connectivity index (χ4n) is 4.86. The first kappa shape index (κ1) is 24.5. The first-order valence-corrected chi connectivity index (χ1v) is 12.4. The maximum atomic E-state index is 12.3. The fraction of sp³-hybridized carbons (Fsp3) is 0.276. The zero-order valence-corrected chi connectivity index (χ0v) is 21.5. The van der Waals surface area contributed by atoms with E-state index in [2.05, 4.69) is 64.4 Å². The molecule has 0 unspecified atom stereocenters. The minimum Gasteiger partial charge on any atom is -0.364 e. The molecule has 0 radical (unpaired) electrons. The molecule has 0 spiro atoms. The van der Waals surface area contributed by atoms with Crippen LogP contribution in [0.5, 0.6) is 0 Å². The first-order valence-electron chi connectivity index (χ1n) is 12.4. The Hall–Kier alpha value is -4.17. The summed E-state index contributed by atoms with van der Waals surface area (Å²) in [7, 11) is 3.84. The number of carbonyl (C=O) groups is 2. The topological polar surface area (TPSA) is 89.4 Å². The molecule has 8 heteroatoms. The molecular weight excluding hydrogens is 464 g/mol. The van der Waals surface area contributed by atoms with Gasteiger partial charge >= 0.3 is 0 Å². The zero-order valence-electron chi connectivity index (χ0n) is 21.5. The van der Waals surface area contributed by atoms with E-state index in [9.17, 15) is 9.59 Å². The molecule has 0 saturated carbocycles. The third kappa shape index (κ3) is 5.20. The van der Waals surface area contributed by atoms with E-state index in [0.29, 0.717) is 13.1 Å². The molecule has 0 atom stereocenters. The highest BCUT2D eigenvalue weighted by Crippen LogP contribution is 2.25. The van der Waals surface area contributed by atoms with Crippen LogP contribution in [0.3, 0.4) is 0 Å². The van der Waals surface area contributed by atoms with Crippen LogP contribution in [0.2, 0.25) is 0 Å². The van der Waals surface area contributed by atoms with Gasteiger partial charge in [0.1, 0.15) is 0 Å². The Bertz CT molecular complexity index is 1490. The van der Waals surface area contributed by atoms with Gasteiger partial charge in [0.15, 0.2) is 5.69 Å². The average Bonchev–Trinajstić information content (AvgIpc) is 3.47. The molecule has 1 aliphatic heterocycles. The number of nitrogens with two attached hydrogens (primary N) is 1. The number of hydrogen-bond acceptors (Lipinski definition) is 4. The van der Waals surface area contributed by atoms with Gasteiger partial charge in [-0.25, -0.2) is 4.68 Å². The van der Waals surface area contributed by atoms with Crippen molar-refractivity contribution in [1.82, 2.24) is 24.1 Å². The summed E-state index contributed by atoms with van der Waals surface area (Å²) in [6, 6.07) is 18.7. The average molecular weight is 497 g/mol. The van der Waals surface area contributed by atoms with Crippen LogP contribution in [-0.4, -0.2) is 69.7 Å². The van der Waals surface area contributed by atoms with E-state index in [-0.39, 0.29) is 11.6 Å². The summed E-state index contributed by atoms with van der Waals surface area (Å²) < 4.78 is 3.97. The highest BCUT2D eigenvalue weighted by molar-refractivity contribution is 5.91. The number of nitrogens with zero attached hydrogens (tertiary/aromatic N) is 5. The molecule has 2 N–H and O–H groups in total. The van der Waals surface area contributed by atoms with E-state index in [4.69, 9.17) is 5.73 Å². The van der Waals surface area contributed by atoms with Gasteiger partial charge in [0.05, 0.1) is 12.2 Å². The van der Waals surface area contributed by atoms with Gasteiger partial charge in [0.25, 0.3) is 5.91 Å². The van der Waals surface area contributed by atoms with E-state index in [1.807, 2.05) is 36.9 Å². The van der Waals surface area contributed by atoms with Gasteiger partial charge in [0.2, 0.25) is 5.91 Å². The summed E-state index contributed by atoms with van der Waals surface area (Å²) in [6.45, 7) is 4.55.